The van der Waals surface area contributed by atoms with Crippen LogP contribution in [0.3, 0.4) is 0 Å². The average molecular weight is 272 g/mol. The van der Waals surface area contributed by atoms with E-state index in [1.54, 1.807) is 19.1 Å². The second kappa shape index (κ2) is 5.77. The first-order chi connectivity index (χ1) is 8.72. The fraction of sp³-hybridized carbons (Fsp3) is 0.929. The Kier molecular flexibility index (Phi) is 4.98. The van der Waals surface area contributed by atoms with Crippen LogP contribution in [0.15, 0.2) is 0 Å². The van der Waals surface area contributed by atoms with Crippen LogP contribution in [0.1, 0.15) is 34.1 Å². The van der Waals surface area contributed by atoms with Gasteiger partial charge in [0.15, 0.2) is 0 Å². The van der Waals surface area contributed by atoms with Gasteiger partial charge in [-0.05, 0) is 13.8 Å². The van der Waals surface area contributed by atoms with Crippen molar-refractivity contribution in [3.05, 3.63) is 0 Å². The fourth-order valence-electron chi connectivity index (χ4n) is 2.67. The summed E-state index contributed by atoms with van der Waals surface area (Å²) in [7, 11) is 3.41. The minimum absolute atomic E-state index is 0.0138. The van der Waals surface area contributed by atoms with E-state index in [0.717, 1.165) is 0 Å². The molecule has 5 heteroatoms. The molecule has 1 saturated carbocycles. The molecule has 0 bridgehead atoms. The molecule has 0 heterocycles. The zero-order valence-corrected chi connectivity index (χ0v) is 13.0. The minimum Gasteiger partial charge on any atom is -0.383 e. The molecule has 0 aromatic rings. The minimum atomic E-state index is -0.844. The van der Waals surface area contributed by atoms with Crippen molar-refractivity contribution in [2.45, 2.75) is 51.8 Å². The Labute approximate surface area is 116 Å². The number of likely N-dealkylation sites (N-methyl/N-ethyl adjacent to an activating group) is 1. The smallest absolute Gasteiger partial charge is 0.243 e. The molecule has 19 heavy (non-hydrogen) atoms. The van der Waals surface area contributed by atoms with Crippen molar-refractivity contribution in [1.29, 1.82) is 0 Å². The van der Waals surface area contributed by atoms with Gasteiger partial charge in [-0.2, -0.15) is 0 Å². The third-order valence-electron chi connectivity index (χ3n) is 4.60. The van der Waals surface area contributed by atoms with Crippen LogP contribution in [0.4, 0.5) is 0 Å². The molecule has 2 N–H and O–H groups in total. The van der Waals surface area contributed by atoms with E-state index < -0.39 is 5.54 Å². The molecule has 1 amide bonds. The van der Waals surface area contributed by atoms with Crippen LogP contribution in [0.25, 0.3) is 0 Å². The van der Waals surface area contributed by atoms with Crippen LogP contribution < -0.4 is 5.73 Å². The topological polar surface area (TPSA) is 64.8 Å². The van der Waals surface area contributed by atoms with Crippen LogP contribution in [-0.4, -0.2) is 55.9 Å². The summed E-state index contributed by atoms with van der Waals surface area (Å²) in [5, 5.41) is 0. The lowest BCUT2D eigenvalue weighted by Gasteiger charge is -2.58. The third-order valence-corrected chi connectivity index (χ3v) is 4.60. The number of amides is 1. The number of carbonyl (C=O) groups excluding carboxylic acids is 1. The van der Waals surface area contributed by atoms with Gasteiger partial charge < -0.3 is 20.1 Å². The van der Waals surface area contributed by atoms with Gasteiger partial charge in [0.1, 0.15) is 5.54 Å². The molecule has 1 fully saturated rings. The predicted molar refractivity (Wildman–Crippen MR) is 74.8 cm³/mol. The highest BCUT2D eigenvalue weighted by Crippen LogP contribution is 2.50. The molecule has 1 rings (SSSR count). The number of ether oxygens (including phenoxy) is 2. The lowest BCUT2D eigenvalue weighted by molar-refractivity contribution is -0.180. The standard InChI is InChI=1S/C14H28N2O3/c1-7-19-11-8-14(15,13(11,3)4)12(17)16(5)10(2)9-18-6/h10-11H,7-9,15H2,1-6H3. The zero-order valence-electron chi connectivity index (χ0n) is 13.0. The summed E-state index contributed by atoms with van der Waals surface area (Å²) in [6.45, 7) is 9.08. The Hall–Kier alpha value is -0.650. The number of carbonyl (C=O) groups is 1. The second-order valence-corrected chi connectivity index (χ2v) is 6.06. The molecule has 3 unspecified atom stereocenters. The van der Waals surface area contributed by atoms with Crippen molar-refractivity contribution in [2.24, 2.45) is 11.1 Å². The highest BCUT2D eigenvalue weighted by atomic mass is 16.5. The van der Waals surface area contributed by atoms with E-state index in [0.29, 0.717) is 19.6 Å². The average Bonchev–Trinajstić information content (AvgIpc) is 2.36. The monoisotopic (exact) mass is 272 g/mol. The zero-order chi connectivity index (χ0) is 14.8. The van der Waals surface area contributed by atoms with E-state index in [2.05, 4.69) is 0 Å². The maximum Gasteiger partial charge on any atom is 0.243 e. The van der Waals surface area contributed by atoms with Gasteiger partial charge in [0.05, 0.1) is 18.8 Å². The SMILES string of the molecule is CCOC1CC(N)(C(=O)N(C)C(C)COC)C1(C)C. The van der Waals surface area contributed by atoms with Crippen molar-refractivity contribution in [3.8, 4) is 0 Å². The van der Waals surface area contributed by atoms with Gasteiger partial charge in [0.25, 0.3) is 0 Å². The first kappa shape index (κ1) is 16.4. The quantitative estimate of drug-likeness (QED) is 0.784. The number of rotatable bonds is 6. The van der Waals surface area contributed by atoms with E-state index >= 15 is 0 Å². The summed E-state index contributed by atoms with van der Waals surface area (Å²) in [5.74, 6) is -0.0296. The molecule has 3 atom stereocenters. The van der Waals surface area contributed by atoms with Crippen LogP contribution in [0, 0.1) is 5.41 Å². The van der Waals surface area contributed by atoms with E-state index in [9.17, 15) is 4.79 Å². The van der Waals surface area contributed by atoms with Gasteiger partial charge in [-0.25, -0.2) is 0 Å². The molecule has 5 nitrogen and oxygen atoms in total. The maximum atomic E-state index is 12.6. The lowest BCUT2D eigenvalue weighted by atomic mass is 9.54. The van der Waals surface area contributed by atoms with Gasteiger partial charge in [0, 0.05) is 32.6 Å². The number of nitrogens with zero attached hydrogens (tertiary/aromatic N) is 1. The molecule has 112 valence electrons. The summed E-state index contributed by atoms with van der Waals surface area (Å²) in [6, 6.07) is 0.0138. The molecule has 0 aromatic heterocycles. The van der Waals surface area contributed by atoms with Crippen molar-refractivity contribution >= 4 is 5.91 Å². The highest BCUT2D eigenvalue weighted by molar-refractivity contribution is 5.89. The van der Waals surface area contributed by atoms with Gasteiger partial charge in [0.2, 0.25) is 5.91 Å². The Bertz CT molecular complexity index is 333. The van der Waals surface area contributed by atoms with Crippen LogP contribution >= 0.6 is 0 Å². The summed E-state index contributed by atoms with van der Waals surface area (Å²) in [5.41, 5.74) is 5.18. The Morgan fingerprint density at radius 3 is 2.53 bits per heavy atom. The largest absolute Gasteiger partial charge is 0.383 e. The van der Waals surface area contributed by atoms with E-state index in [4.69, 9.17) is 15.2 Å². The highest BCUT2D eigenvalue weighted by Gasteiger charge is 2.63. The second-order valence-electron chi connectivity index (χ2n) is 6.06. The summed E-state index contributed by atoms with van der Waals surface area (Å²) in [6.07, 6.45) is 0.633. The molecular formula is C14H28N2O3. The summed E-state index contributed by atoms with van der Waals surface area (Å²) in [4.78, 5) is 14.3. The number of hydrogen-bond acceptors (Lipinski definition) is 4. The lowest BCUT2D eigenvalue weighted by Crippen LogP contribution is -2.76. The number of nitrogens with two attached hydrogens (primary N) is 1. The summed E-state index contributed by atoms with van der Waals surface area (Å²) < 4.78 is 10.7. The van der Waals surface area contributed by atoms with E-state index in [1.807, 2.05) is 27.7 Å². The normalized spacial score (nSPS) is 30.6. The molecule has 0 aromatic carbocycles. The molecule has 0 spiro atoms. The third kappa shape index (κ3) is 2.64. The van der Waals surface area contributed by atoms with Crippen molar-refractivity contribution in [2.75, 3.05) is 27.4 Å². The Morgan fingerprint density at radius 2 is 2.11 bits per heavy atom. The molecule has 0 aliphatic heterocycles. The maximum absolute atomic E-state index is 12.6. The number of methoxy groups -OCH3 is 1. The molecule has 1 aliphatic rings. The first-order valence-electron chi connectivity index (χ1n) is 6.89. The van der Waals surface area contributed by atoms with Crippen LogP contribution in [0.2, 0.25) is 0 Å². The Morgan fingerprint density at radius 1 is 1.53 bits per heavy atom. The van der Waals surface area contributed by atoms with Gasteiger partial charge in [-0.15, -0.1) is 0 Å². The van der Waals surface area contributed by atoms with Crippen molar-refractivity contribution < 1.29 is 14.3 Å². The fourth-order valence-corrected chi connectivity index (χ4v) is 2.67. The van der Waals surface area contributed by atoms with E-state index in [-0.39, 0.29) is 23.5 Å². The van der Waals surface area contributed by atoms with E-state index in [1.165, 1.54) is 0 Å². The van der Waals surface area contributed by atoms with Crippen molar-refractivity contribution in [1.82, 2.24) is 4.90 Å². The van der Waals surface area contributed by atoms with Gasteiger partial charge in [-0.3, -0.25) is 4.79 Å². The molecule has 1 aliphatic carbocycles. The molecule has 0 saturated heterocycles. The van der Waals surface area contributed by atoms with Crippen molar-refractivity contribution in [3.63, 3.8) is 0 Å². The molecule has 0 radical (unpaired) electrons. The Balaban J connectivity index is 2.77. The molecular weight excluding hydrogens is 244 g/mol. The van der Waals surface area contributed by atoms with Crippen LogP contribution in [-0.2, 0) is 14.3 Å². The predicted octanol–water partition coefficient (Wildman–Crippen LogP) is 1.01. The van der Waals surface area contributed by atoms with Crippen LogP contribution in [0.5, 0.6) is 0 Å². The van der Waals surface area contributed by atoms with Gasteiger partial charge >= 0.3 is 0 Å². The number of hydrogen-bond donors (Lipinski definition) is 1. The summed E-state index contributed by atoms with van der Waals surface area (Å²) >= 11 is 0. The first-order valence-corrected chi connectivity index (χ1v) is 6.89. The van der Waals surface area contributed by atoms with Gasteiger partial charge in [-0.1, -0.05) is 13.8 Å².